The van der Waals surface area contributed by atoms with Crippen LogP contribution in [0.3, 0.4) is 0 Å². The third kappa shape index (κ3) is 2.50. The summed E-state index contributed by atoms with van der Waals surface area (Å²) < 4.78 is 0. The van der Waals surface area contributed by atoms with Crippen LogP contribution in [-0.4, -0.2) is 24.9 Å². The van der Waals surface area contributed by atoms with E-state index in [9.17, 15) is 9.59 Å². The summed E-state index contributed by atoms with van der Waals surface area (Å²) in [7, 11) is 0. The van der Waals surface area contributed by atoms with E-state index in [1.165, 1.54) is 5.56 Å². The molecule has 4 heteroatoms. The quantitative estimate of drug-likeness (QED) is 0.940. The average molecular weight is 306 g/mol. The van der Waals surface area contributed by atoms with E-state index in [2.05, 4.69) is 17.4 Å². The van der Waals surface area contributed by atoms with Crippen LogP contribution < -0.4 is 10.2 Å². The van der Waals surface area contributed by atoms with Crippen LogP contribution in [0.15, 0.2) is 42.5 Å². The van der Waals surface area contributed by atoms with E-state index in [1.54, 1.807) is 0 Å². The Labute approximate surface area is 135 Å². The van der Waals surface area contributed by atoms with Gasteiger partial charge in [-0.3, -0.25) is 9.59 Å². The Balaban J connectivity index is 1.46. The van der Waals surface area contributed by atoms with Crippen molar-refractivity contribution >= 4 is 17.5 Å². The van der Waals surface area contributed by atoms with Gasteiger partial charge in [0, 0.05) is 18.7 Å². The maximum Gasteiger partial charge on any atom is 0.251 e. The number of anilines is 1. The highest BCUT2D eigenvalue weighted by Gasteiger charge is 2.34. The molecule has 2 aromatic rings. The topological polar surface area (TPSA) is 49.4 Å². The zero-order valence-corrected chi connectivity index (χ0v) is 12.8. The minimum atomic E-state index is -0.0576. The molecule has 2 amide bonds. The molecule has 0 aliphatic carbocycles. The van der Waals surface area contributed by atoms with Crippen molar-refractivity contribution in [3.8, 4) is 0 Å². The number of benzene rings is 2. The van der Waals surface area contributed by atoms with Gasteiger partial charge >= 0.3 is 0 Å². The predicted molar refractivity (Wildman–Crippen MR) is 88.7 cm³/mol. The van der Waals surface area contributed by atoms with Crippen LogP contribution in [0.25, 0.3) is 0 Å². The third-order valence-corrected chi connectivity index (χ3v) is 4.59. The maximum absolute atomic E-state index is 12.4. The number of nitrogens with zero attached hydrogens (tertiary/aromatic N) is 1. The van der Waals surface area contributed by atoms with Gasteiger partial charge in [0.15, 0.2) is 0 Å². The van der Waals surface area contributed by atoms with Crippen LogP contribution in [0.5, 0.6) is 0 Å². The Morgan fingerprint density at radius 3 is 2.74 bits per heavy atom. The van der Waals surface area contributed by atoms with Gasteiger partial charge in [0.05, 0.1) is 12.1 Å². The van der Waals surface area contributed by atoms with Gasteiger partial charge < -0.3 is 10.2 Å². The number of amides is 2. The number of carbonyl (C=O) groups is 2. The molecule has 4 nitrogen and oxygen atoms in total. The van der Waals surface area contributed by atoms with E-state index < -0.39 is 0 Å². The minimum absolute atomic E-state index is 0.0576. The monoisotopic (exact) mass is 306 g/mol. The van der Waals surface area contributed by atoms with Gasteiger partial charge in [-0.25, -0.2) is 0 Å². The molecule has 0 atom stereocenters. The molecule has 23 heavy (non-hydrogen) atoms. The van der Waals surface area contributed by atoms with Crippen molar-refractivity contribution in [2.75, 3.05) is 18.0 Å². The molecule has 0 saturated carbocycles. The minimum Gasteiger partial charge on any atom is -0.352 e. The molecule has 2 heterocycles. The lowest BCUT2D eigenvalue weighted by Crippen LogP contribution is -2.25. The van der Waals surface area contributed by atoms with Gasteiger partial charge in [-0.2, -0.15) is 0 Å². The number of hydrogen-bond donors (Lipinski definition) is 1. The number of rotatable bonds is 4. The molecule has 0 unspecified atom stereocenters. The molecule has 0 spiro atoms. The van der Waals surface area contributed by atoms with Gasteiger partial charge in [-0.15, -0.1) is 0 Å². The Morgan fingerprint density at radius 2 is 1.91 bits per heavy atom. The Bertz CT molecular complexity index is 783. The molecule has 0 saturated heterocycles. The summed E-state index contributed by atoms with van der Waals surface area (Å²) >= 11 is 0. The molecular weight excluding hydrogens is 288 g/mol. The second kappa shape index (κ2) is 5.54. The molecule has 2 aliphatic rings. The molecule has 0 radical (unpaired) electrons. The fourth-order valence-electron chi connectivity index (χ4n) is 3.48. The van der Waals surface area contributed by atoms with Gasteiger partial charge in [0.25, 0.3) is 5.91 Å². The lowest BCUT2D eigenvalue weighted by molar-refractivity contribution is -0.117. The molecule has 0 aromatic heterocycles. The summed E-state index contributed by atoms with van der Waals surface area (Å²) in [5.41, 5.74) is 5.06. The second-order valence-corrected chi connectivity index (χ2v) is 6.11. The molecule has 116 valence electrons. The van der Waals surface area contributed by atoms with E-state index in [0.29, 0.717) is 18.5 Å². The summed E-state index contributed by atoms with van der Waals surface area (Å²) in [4.78, 5) is 26.2. The van der Waals surface area contributed by atoms with Crippen molar-refractivity contribution in [3.05, 3.63) is 64.7 Å². The van der Waals surface area contributed by atoms with Crippen LogP contribution in [0.1, 0.15) is 27.0 Å². The van der Waals surface area contributed by atoms with Gasteiger partial charge in [0.1, 0.15) is 0 Å². The number of hydrogen-bond acceptors (Lipinski definition) is 2. The van der Waals surface area contributed by atoms with E-state index >= 15 is 0 Å². The largest absolute Gasteiger partial charge is 0.352 e. The van der Waals surface area contributed by atoms with Crippen LogP contribution in [-0.2, 0) is 24.1 Å². The highest BCUT2D eigenvalue weighted by Crippen LogP contribution is 2.38. The maximum atomic E-state index is 12.4. The smallest absolute Gasteiger partial charge is 0.251 e. The van der Waals surface area contributed by atoms with Crippen molar-refractivity contribution in [3.63, 3.8) is 0 Å². The van der Waals surface area contributed by atoms with Crippen molar-refractivity contribution in [1.29, 1.82) is 0 Å². The Hall–Kier alpha value is -2.62. The first kappa shape index (κ1) is 14.0. The van der Waals surface area contributed by atoms with E-state index in [0.717, 1.165) is 36.2 Å². The Kier molecular flexibility index (Phi) is 3.37. The van der Waals surface area contributed by atoms with Gasteiger partial charge in [-0.1, -0.05) is 30.3 Å². The molecule has 0 fully saturated rings. The standard InChI is InChI=1S/C19H18N2O2/c22-17-12-15-11-16(10-14-7-9-21(17)18(14)15)19(23)20-8-6-13-4-2-1-3-5-13/h1-5,10-11H,6-9,12H2,(H,20,23). The van der Waals surface area contributed by atoms with E-state index in [-0.39, 0.29) is 11.8 Å². The van der Waals surface area contributed by atoms with Crippen LogP contribution in [0.4, 0.5) is 5.69 Å². The highest BCUT2D eigenvalue weighted by molar-refractivity contribution is 6.05. The zero-order chi connectivity index (χ0) is 15.8. The summed E-state index contributed by atoms with van der Waals surface area (Å²) in [5, 5.41) is 2.98. The van der Waals surface area contributed by atoms with Crippen molar-refractivity contribution in [2.24, 2.45) is 0 Å². The summed E-state index contributed by atoms with van der Waals surface area (Å²) in [6.45, 7) is 1.36. The molecular formula is C19H18N2O2. The van der Waals surface area contributed by atoms with E-state index in [1.807, 2.05) is 35.2 Å². The predicted octanol–water partition coefficient (Wildman–Crippen LogP) is 2.10. The molecule has 4 rings (SSSR count). The average Bonchev–Trinajstić information content (AvgIpc) is 3.13. The normalized spacial score (nSPS) is 15.0. The third-order valence-electron chi connectivity index (χ3n) is 4.59. The summed E-state index contributed by atoms with van der Waals surface area (Å²) in [6.07, 6.45) is 2.09. The zero-order valence-electron chi connectivity index (χ0n) is 12.8. The van der Waals surface area contributed by atoms with Gasteiger partial charge in [-0.05, 0) is 41.7 Å². The summed E-state index contributed by atoms with van der Waals surface area (Å²) in [5.74, 6) is 0.0955. The molecule has 1 N–H and O–H groups in total. The first-order chi connectivity index (χ1) is 11.2. The Morgan fingerprint density at radius 1 is 1.13 bits per heavy atom. The lowest BCUT2D eigenvalue weighted by atomic mass is 10.0. The molecule has 0 bridgehead atoms. The summed E-state index contributed by atoms with van der Waals surface area (Å²) in [6, 6.07) is 13.9. The first-order valence-electron chi connectivity index (χ1n) is 8.00. The SMILES string of the molecule is O=C(NCCc1ccccc1)c1cc2c3c(c1)CC(=O)N3CC2. The molecule has 2 aromatic carbocycles. The van der Waals surface area contributed by atoms with E-state index in [4.69, 9.17) is 0 Å². The fourth-order valence-corrected chi connectivity index (χ4v) is 3.48. The van der Waals surface area contributed by atoms with Crippen molar-refractivity contribution < 1.29 is 9.59 Å². The highest BCUT2D eigenvalue weighted by atomic mass is 16.2. The lowest BCUT2D eigenvalue weighted by Gasteiger charge is -2.10. The first-order valence-corrected chi connectivity index (χ1v) is 8.00. The number of carbonyl (C=O) groups excluding carboxylic acids is 2. The van der Waals surface area contributed by atoms with Crippen LogP contribution >= 0.6 is 0 Å². The van der Waals surface area contributed by atoms with Crippen molar-refractivity contribution in [2.45, 2.75) is 19.3 Å². The van der Waals surface area contributed by atoms with Crippen LogP contribution in [0, 0.1) is 0 Å². The molecule has 2 aliphatic heterocycles. The van der Waals surface area contributed by atoms with Gasteiger partial charge in [0.2, 0.25) is 5.91 Å². The second-order valence-electron chi connectivity index (χ2n) is 6.11. The number of nitrogens with one attached hydrogen (secondary N) is 1. The van der Waals surface area contributed by atoms with Crippen LogP contribution in [0.2, 0.25) is 0 Å². The fraction of sp³-hybridized carbons (Fsp3) is 0.263. The van der Waals surface area contributed by atoms with Crippen molar-refractivity contribution in [1.82, 2.24) is 5.32 Å².